The van der Waals surface area contributed by atoms with Gasteiger partial charge in [0.2, 0.25) is 5.28 Å². The van der Waals surface area contributed by atoms with E-state index >= 15 is 0 Å². The third kappa shape index (κ3) is 8.54. The minimum absolute atomic E-state index is 0.178. The van der Waals surface area contributed by atoms with E-state index in [0.29, 0.717) is 21.8 Å². The summed E-state index contributed by atoms with van der Waals surface area (Å²) in [6, 6.07) is 6.68. The van der Waals surface area contributed by atoms with Crippen LogP contribution in [0.4, 0.5) is 0 Å². The van der Waals surface area contributed by atoms with E-state index in [4.69, 9.17) is 33.2 Å². The van der Waals surface area contributed by atoms with Crippen molar-refractivity contribution in [1.82, 2.24) is 19.9 Å². The van der Waals surface area contributed by atoms with E-state index in [1.54, 1.807) is 12.3 Å². The van der Waals surface area contributed by atoms with Crippen molar-refractivity contribution in [1.29, 1.82) is 0 Å². The highest BCUT2D eigenvalue weighted by Gasteiger charge is 2.12. The molecule has 0 saturated carbocycles. The quantitative estimate of drug-likeness (QED) is 0.186. The first-order chi connectivity index (χ1) is 15.3. The number of thiophene rings is 2. The third-order valence-electron chi connectivity index (χ3n) is 3.45. The molecule has 13 heteroatoms. The molecule has 0 fully saturated rings. The Balaban J connectivity index is 0.000000178. The molecule has 0 unspecified atom stereocenters. The number of hydrogen-bond donors (Lipinski definition) is 2. The van der Waals surface area contributed by atoms with Crippen molar-refractivity contribution in [2.45, 2.75) is 6.92 Å². The van der Waals surface area contributed by atoms with Gasteiger partial charge in [-0.3, -0.25) is 9.59 Å². The summed E-state index contributed by atoms with van der Waals surface area (Å²) in [7, 11) is -1.47. The number of rotatable bonds is 4. The van der Waals surface area contributed by atoms with Crippen LogP contribution in [0.5, 0.6) is 0 Å². The van der Waals surface area contributed by atoms with Crippen LogP contribution in [0.2, 0.25) is 10.4 Å². The lowest BCUT2D eigenvalue weighted by Gasteiger charge is -1.96. The first kappa shape index (κ1) is 25.7. The maximum Gasteiger partial charge on any atom is 0.489 e. The van der Waals surface area contributed by atoms with Crippen LogP contribution in [-0.2, 0) is 0 Å². The smallest absolute Gasteiger partial charge is 0.423 e. The van der Waals surface area contributed by atoms with Crippen LogP contribution in [0.25, 0.3) is 11.3 Å². The second kappa shape index (κ2) is 13.1. The van der Waals surface area contributed by atoms with Gasteiger partial charge in [-0.2, -0.15) is 0 Å². The molecule has 32 heavy (non-hydrogen) atoms. The molecule has 4 aromatic rings. The minimum Gasteiger partial charge on any atom is -0.423 e. The number of halogens is 2. The number of hydrogen-bond acceptors (Lipinski definition) is 10. The summed E-state index contributed by atoms with van der Waals surface area (Å²) in [6.45, 7) is 1.84. The molecule has 0 aliphatic carbocycles. The molecular formula is C19H15BCl2N4O4S2. The molecule has 2 N–H and O–H groups in total. The van der Waals surface area contributed by atoms with Gasteiger partial charge in [-0.25, -0.2) is 19.9 Å². The number of nitrogens with zero attached hydrogens (tertiary/aromatic N) is 4. The SMILES string of the molecule is Cc1nccc(-c2csc(C=O)c2)n1.Clc1ccnc(Cl)n1.O=Cc1cc(B(O)O)cs1. The van der Waals surface area contributed by atoms with E-state index in [-0.39, 0.29) is 5.28 Å². The normalized spacial score (nSPS) is 9.66. The van der Waals surface area contributed by atoms with Gasteiger partial charge in [0.05, 0.1) is 15.4 Å². The fraction of sp³-hybridized carbons (Fsp3) is 0.0526. The Morgan fingerprint density at radius 2 is 1.59 bits per heavy atom. The second-order valence-corrected chi connectivity index (χ2v) is 8.38. The summed E-state index contributed by atoms with van der Waals surface area (Å²) < 4.78 is 0. The predicted molar refractivity (Wildman–Crippen MR) is 127 cm³/mol. The molecule has 0 amide bonds. The van der Waals surface area contributed by atoms with E-state index in [9.17, 15) is 9.59 Å². The van der Waals surface area contributed by atoms with Crippen LogP contribution in [-0.4, -0.2) is 49.7 Å². The van der Waals surface area contributed by atoms with Crippen molar-refractivity contribution in [2.24, 2.45) is 0 Å². The number of carbonyl (C=O) groups is 2. The summed E-state index contributed by atoms with van der Waals surface area (Å²) in [6.07, 6.45) is 4.74. The summed E-state index contributed by atoms with van der Waals surface area (Å²) in [5.41, 5.74) is 2.21. The van der Waals surface area contributed by atoms with Crippen molar-refractivity contribution < 1.29 is 19.6 Å². The lowest BCUT2D eigenvalue weighted by Crippen LogP contribution is -2.27. The second-order valence-electron chi connectivity index (χ2n) is 5.77. The molecular weight excluding hydrogens is 494 g/mol. The van der Waals surface area contributed by atoms with E-state index in [1.807, 2.05) is 24.4 Å². The predicted octanol–water partition coefficient (Wildman–Crippen LogP) is 3.35. The molecule has 164 valence electrons. The van der Waals surface area contributed by atoms with Gasteiger partial charge in [-0.15, -0.1) is 22.7 Å². The highest BCUT2D eigenvalue weighted by molar-refractivity contribution is 7.13. The third-order valence-corrected chi connectivity index (χ3v) is 5.58. The Bertz CT molecular complexity index is 1160. The van der Waals surface area contributed by atoms with Gasteiger partial charge in [0.1, 0.15) is 11.0 Å². The molecule has 0 saturated heterocycles. The molecule has 0 aromatic carbocycles. The Morgan fingerprint density at radius 3 is 2.06 bits per heavy atom. The van der Waals surface area contributed by atoms with Crippen molar-refractivity contribution in [2.75, 3.05) is 0 Å². The molecule has 0 radical (unpaired) electrons. The fourth-order valence-electron chi connectivity index (χ4n) is 2.05. The molecule has 0 bridgehead atoms. The van der Waals surface area contributed by atoms with Crippen molar-refractivity contribution in [3.8, 4) is 11.3 Å². The van der Waals surface area contributed by atoms with Crippen LogP contribution in [0.1, 0.15) is 25.2 Å². The zero-order valence-electron chi connectivity index (χ0n) is 16.4. The fourth-order valence-corrected chi connectivity index (χ4v) is 3.80. The van der Waals surface area contributed by atoms with Crippen molar-refractivity contribution in [3.63, 3.8) is 0 Å². The van der Waals surface area contributed by atoms with Gasteiger partial charge < -0.3 is 10.0 Å². The van der Waals surface area contributed by atoms with Gasteiger partial charge in [-0.05, 0) is 53.6 Å². The molecule has 0 spiro atoms. The summed E-state index contributed by atoms with van der Waals surface area (Å²) in [4.78, 5) is 37.3. The Morgan fingerprint density at radius 1 is 0.938 bits per heavy atom. The highest BCUT2D eigenvalue weighted by Crippen LogP contribution is 2.22. The van der Waals surface area contributed by atoms with Gasteiger partial charge in [0.25, 0.3) is 0 Å². The minimum atomic E-state index is -1.47. The molecule has 4 heterocycles. The van der Waals surface area contributed by atoms with Gasteiger partial charge >= 0.3 is 7.12 Å². The summed E-state index contributed by atoms with van der Waals surface area (Å²) in [5, 5.41) is 21.2. The lowest BCUT2D eigenvalue weighted by molar-refractivity contribution is 0.111. The lowest BCUT2D eigenvalue weighted by atomic mass is 9.83. The average Bonchev–Trinajstić information content (AvgIpc) is 3.44. The van der Waals surface area contributed by atoms with Crippen LogP contribution >= 0.6 is 45.9 Å². The van der Waals surface area contributed by atoms with Crippen molar-refractivity contribution in [3.05, 3.63) is 73.4 Å². The van der Waals surface area contributed by atoms with Crippen LogP contribution in [0.3, 0.4) is 0 Å². The van der Waals surface area contributed by atoms with E-state index in [0.717, 1.165) is 28.2 Å². The number of aryl methyl sites for hydroxylation is 1. The van der Waals surface area contributed by atoms with Crippen molar-refractivity contribution >= 4 is 71.0 Å². The van der Waals surface area contributed by atoms with Gasteiger partial charge in [0.15, 0.2) is 12.6 Å². The molecule has 0 atom stereocenters. The summed E-state index contributed by atoms with van der Waals surface area (Å²) in [5.74, 6) is 0.737. The highest BCUT2D eigenvalue weighted by atomic mass is 35.5. The molecule has 4 rings (SSSR count). The Kier molecular flexibility index (Phi) is 10.5. The van der Waals surface area contributed by atoms with Gasteiger partial charge in [-0.1, -0.05) is 11.6 Å². The Hall–Kier alpha value is -2.54. The average molecular weight is 509 g/mol. The number of aromatic nitrogens is 4. The van der Waals surface area contributed by atoms with Crippen LogP contribution in [0, 0.1) is 6.92 Å². The van der Waals surface area contributed by atoms with Gasteiger partial charge in [0, 0.05) is 23.3 Å². The molecule has 0 aliphatic rings. The first-order valence-corrected chi connectivity index (χ1v) is 11.2. The Labute approximate surface area is 201 Å². The standard InChI is InChI=1S/C10H8N2OS.C5H5BO3S.C4H2Cl2N2/c1-7-11-3-2-10(12-7)8-4-9(5-13)14-6-8;7-2-5-1-4(3-10-5)6(8)9;5-3-1-2-7-4(6)8-3/h2-6H,1H3;1-3,8-9H;1-2H. The maximum absolute atomic E-state index is 10.5. The van der Waals surface area contributed by atoms with Crippen LogP contribution < -0.4 is 5.46 Å². The largest absolute Gasteiger partial charge is 0.489 e. The topological polar surface area (TPSA) is 126 Å². The molecule has 4 aromatic heterocycles. The maximum atomic E-state index is 10.5. The molecule has 8 nitrogen and oxygen atoms in total. The van der Waals surface area contributed by atoms with E-state index < -0.39 is 7.12 Å². The van der Waals surface area contributed by atoms with Crippen LogP contribution in [0.15, 0.2) is 47.4 Å². The number of carbonyl (C=O) groups excluding carboxylic acids is 2. The first-order valence-electron chi connectivity index (χ1n) is 8.70. The number of aldehydes is 2. The monoisotopic (exact) mass is 508 g/mol. The van der Waals surface area contributed by atoms with E-state index in [1.165, 1.54) is 40.3 Å². The molecule has 0 aliphatic heterocycles. The summed E-state index contributed by atoms with van der Waals surface area (Å²) >= 11 is 13.4. The zero-order chi connectivity index (χ0) is 23.5. The zero-order valence-corrected chi connectivity index (χ0v) is 19.6. The van der Waals surface area contributed by atoms with E-state index in [2.05, 4.69) is 19.9 Å².